The molecule has 2 heterocycles. The van der Waals surface area contributed by atoms with Crippen LogP contribution in [-0.4, -0.2) is 16.5 Å². The number of nitrogens with one attached hydrogen (secondary N) is 1. The minimum atomic E-state index is -0.314. The van der Waals surface area contributed by atoms with Gasteiger partial charge in [-0.1, -0.05) is 0 Å². The average Bonchev–Trinajstić information content (AvgIpc) is 2.46. The third-order valence-corrected chi connectivity index (χ3v) is 1.91. The van der Waals surface area contributed by atoms with Gasteiger partial charge in [-0.3, -0.25) is 0 Å². The van der Waals surface area contributed by atoms with Crippen molar-refractivity contribution >= 4 is 11.0 Å². The van der Waals surface area contributed by atoms with Gasteiger partial charge in [-0.2, -0.15) is 0 Å². The number of halogens is 1. The first-order valence-corrected chi connectivity index (χ1v) is 4.13. The molecule has 13 heavy (non-hydrogen) atoms. The Bertz CT molecular complexity index is 422. The molecule has 0 spiro atoms. The van der Waals surface area contributed by atoms with E-state index >= 15 is 0 Å². The SMILES string of the molecule is NCCc1cc2cc(F)cnc2[nH]1. The molecule has 0 aromatic carbocycles. The Morgan fingerprint density at radius 2 is 2.31 bits per heavy atom. The van der Waals surface area contributed by atoms with Crippen LogP contribution in [0.1, 0.15) is 5.69 Å². The van der Waals surface area contributed by atoms with Gasteiger partial charge in [0.2, 0.25) is 0 Å². The van der Waals surface area contributed by atoms with Crippen LogP contribution in [0.25, 0.3) is 11.0 Å². The van der Waals surface area contributed by atoms with Crippen LogP contribution in [0.4, 0.5) is 4.39 Å². The smallest absolute Gasteiger partial charge is 0.142 e. The highest BCUT2D eigenvalue weighted by Gasteiger charge is 2.01. The van der Waals surface area contributed by atoms with Crippen molar-refractivity contribution in [2.45, 2.75) is 6.42 Å². The zero-order chi connectivity index (χ0) is 9.26. The lowest BCUT2D eigenvalue weighted by Crippen LogP contribution is -2.02. The number of hydrogen-bond donors (Lipinski definition) is 2. The van der Waals surface area contributed by atoms with Gasteiger partial charge in [0, 0.05) is 11.1 Å². The molecule has 0 aliphatic rings. The maximum Gasteiger partial charge on any atom is 0.142 e. The van der Waals surface area contributed by atoms with E-state index < -0.39 is 0 Å². The minimum Gasteiger partial charge on any atom is -0.343 e. The fourth-order valence-electron chi connectivity index (χ4n) is 1.34. The van der Waals surface area contributed by atoms with Gasteiger partial charge in [0.15, 0.2) is 0 Å². The van der Waals surface area contributed by atoms with E-state index in [0.29, 0.717) is 12.2 Å². The molecule has 2 aromatic heterocycles. The first-order chi connectivity index (χ1) is 6.29. The molecule has 0 radical (unpaired) electrons. The third kappa shape index (κ3) is 1.53. The summed E-state index contributed by atoms with van der Waals surface area (Å²) in [5.74, 6) is -0.314. The zero-order valence-corrected chi connectivity index (χ0v) is 7.05. The van der Waals surface area contributed by atoms with Crippen molar-refractivity contribution < 1.29 is 4.39 Å². The van der Waals surface area contributed by atoms with E-state index in [1.165, 1.54) is 12.3 Å². The number of nitrogens with zero attached hydrogens (tertiary/aromatic N) is 1. The summed E-state index contributed by atoms with van der Waals surface area (Å²) < 4.78 is 12.7. The number of hydrogen-bond acceptors (Lipinski definition) is 2. The summed E-state index contributed by atoms with van der Waals surface area (Å²) in [6.07, 6.45) is 1.96. The van der Waals surface area contributed by atoms with Crippen LogP contribution >= 0.6 is 0 Å². The average molecular weight is 179 g/mol. The fraction of sp³-hybridized carbons (Fsp3) is 0.222. The largest absolute Gasteiger partial charge is 0.343 e. The summed E-state index contributed by atoms with van der Waals surface area (Å²) in [7, 11) is 0. The molecule has 0 aliphatic heterocycles. The van der Waals surface area contributed by atoms with Crippen LogP contribution in [0.5, 0.6) is 0 Å². The highest BCUT2D eigenvalue weighted by atomic mass is 19.1. The van der Waals surface area contributed by atoms with Gasteiger partial charge < -0.3 is 10.7 Å². The minimum absolute atomic E-state index is 0.314. The highest BCUT2D eigenvalue weighted by Crippen LogP contribution is 2.13. The number of aromatic amines is 1. The summed E-state index contributed by atoms with van der Waals surface area (Å²) in [4.78, 5) is 6.98. The number of nitrogens with two attached hydrogens (primary N) is 1. The molecule has 0 saturated heterocycles. The lowest BCUT2D eigenvalue weighted by atomic mass is 10.3. The van der Waals surface area contributed by atoms with Crippen molar-refractivity contribution in [2.75, 3.05) is 6.54 Å². The quantitative estimate of drug-likeness (QED) is 0.727. The highest BCUT2D eigenvalue weighted by molar-refractivity contribution is 5.76. The third-order valence-electron chi connectivity index (χ3n) is 1.91. The topological polar surface area (TPSA) is 54.7 Å². The molecule has 3 nitrogen and oxygen atoms in total. The summed E-state index contributed by atoms with van der Waals surface area (Å²) >= 11 is 0. The van der Waals surface area contributed by atoms with E-state index in [1.54, 1.807) is 0 Å². The molecule has 2 aromatic rings. The number of H-pyrrole nitrogens is 1. The number of pyridine rings is 1. The van der Waals surface area contributed by atoms with Gasteiger partial charge in [0.1, 0.15) is 11.5 Å². The normalized spacial score (nSPS) is 10.9. The summed E-state index contributed by atoms with van der Waals surface area (Å²) in [5, 5.41) is 0.795. The predicted octanol–water partition coefficient (Wildman–Crippen LogP) is 1.20. The molecule has 0 unspecified atom stereocenters. The fourth-order valence-corrected chi connectivity index (χ4v) is 1.34. The van der Waals surface area contributed by atoms with Gasteiger partial charge in [-0.15, -0.1) is 0 Å². The maximum atomic E-state index is 12.7. The molecule has 0 saturated carbocycles. The first-order valence-electron chi connectivity index (χ1n) is 4.13. The Kier molecular flexibility index (Phi) is 1.98. The monoisotopic (exact) mass is 179 g/mol. The summed E-state index contributed by atoms with van der Waals surface area (Å²) in [6.45, 7) is 0.579. The van der Waals surface area contributed by atoms with Crippen molar-refractivity contribution in [3.05, 3.63) is 29.8 Å². The number of fused-ring (bicyclic) bond motifs is 1. The van der Waals surface area contributed by atoms with Crippen LogP contribution in [0, 0.1) is 5.82 Å². The Hall–Kier alpha value is -1.42. The Labute approximate surface area is 74.8 Å². The predicted molar refractivity (Wildman–Crippen MR) is 48.8 cm³/mol. The van der Waals surface area contributed by atoms with Gasteiger partial charge in [-0.05, 0) is 25.1 Å². The molecule has 0 aliphatic carbocycles. The second-order valence-electron chi connectivity index (χ2n) is 2.92. The molecule has 68 valence electrons. The molecule has 0 amide bonds. The summed E-state index contributed by atoms with van der Waals surface area (Å²) in [5.41, 5.74) is 7.11. The van der Waals surface area contributed by atoms with Crippen molar-refractivity contribution in [2.24, 2.45) is 5.73 Å². The van der Waals surface area contributed by atoms with Crippen LogP contribution in [0.2, 0.25) is 0 Å². The molecule has 0 bridgehead atoms. The Morgan fingerprint density at radius 1 is 1.46 bits per heavy atom. The van der Waals surface area contributed by atoms with E-state index in [1.807, 2.05) is 6.07 Å². The first kappa shape index (κ1) is 8.19. The van der Waals surface area contributed by atoms with Gasteiger partial charge in [0.25, 0.3) is 0 Å². The number of aromatic nitrogens is 2. The standard InChI is InChI=1S/C9H10FN3/c10-7-3-6-4-8(1-2-11)13-9(6)12-5-7/h3-5H,1-2,11H2,(H,12,13). The Balaban J connectivity index is 2.49. The van der Waals surface area contributed by atoms with Crippen molar-refractivity contribution in [1.29, 1.82) is 0 Å². The lowest BCUT2D eigenvalue weighted by Gasteiger charge is -1.89. The second-order valence-corrected chi connectivity index (χ2v) is 2.92. The summed E-state index contributed by atoms with van der Waals surface area (Å²) in [6, 6.07) is 3.33. The van der Waals surface area contributed by atoms with Gasteiger partial charge in [0.05, 0.1) is 6.20 Å². The van der Waals surface area contributed by atoms with Crippen molar-refractivity contribution in [3.8, 4) is 0 Å². The van der Waals surface area contributed by atoms with Gasteiger partial charge >= 0.3 is 0 Å². The lowest BCUT2D eigenvalue weighted by molar-refractivity contribution is 0.624. The van der Waals surface area contributed by atoms with E-state index in [9.17, 15) is 4.39 Å². The Morgan fingerprint density at radius 3 is 3.08 bits per heavy atom. The van der Waals surface area contributed by atoms with E-state index in [0.717, 1.165) is 17.5 Å². The van der Waals surface area contributed by atoms with Crippen LogP contribution in [0.3, 0.4) is 0 Å². The maximum absolute atomic E-state index is 12.7. The molecular weight excluding hydrogens is 169 g/mol. The second kappa shape index (κ2) is 3.14. The molecule has 0 fully saturated rings. The molecule has 4 heteroatoms. The van der Waals surface area contributed by atoms with Crippen LogP contribution in [0.15, 0.2) is 18.3 Å². The molecule has 2 rings (SSSR count). The number of rotatable bonds is 2. The van der Waals surface area contributed by atoms with Gasteiger partial charge in [-0.25, -0.2) is 9.37 Å². The van der Waals surface area contributed by atoms with E-state index in [-0.39, 0.29) is 5.82 Å². The van der Waals surface area contributed by atoms with E-state index in [4.69, 9.17) is 5.73 Å². The van der Waals surface area contributed by atoms with Crippen molar-refractivity contribution in [1.82, 2.24) is 9.97 Å². The molecule has 3 N–H and O–H groups in total. The zero-order valence-electron chi connectivity index (χ0n) is 7.05. The van der Waals surface area contributed by atoms with Crippen molar-refractivity contribution in [3.63, 3.8) is 0 Å². The molecular formula is C9H10FN3. The van der Waals surface area contributed by atoms with Crippen LogP contribution in [-0.2, 0) is 6.42 Å². The molecule has 0 atom stereocenters. The van der Waals surface area contributed by atoms with Crippen LogP contribution < -0.4 is 5.73 Å². The van der Waals surface area contributed by atoms with E-state index in [2.05, 4.69) is 9.97 Å².